The van der Waals surface area contributed by atoms with Crippen molar-refractivity contribution in [3.8, 4) is 0 Å². The second-order valence-electron chi connectivity index (χ2n) is 7.68. The van der Waals surface area contributed by atoms with Crippen LogP contribution >= 0.6 is 22.6 Å². The summed E-state index contributed by atoms with van der Waals surface area (Å²) in [6.45, 7) is 0.0525. The molecule has 3 aromatic carbocycles. The molecule has 2 atom stereocenters. The average Bonchev–Trinajstić information content (AvgIpc) is 2.84. The molecule has 3 rings (SSSR count). The fourth-order valence-electron chi connectivity index (χ4n) is 3.29. The lowest BCUT2D eigenvalue weighted by atomic mass is 10.0. The highest BCUT2D eigenvalue weighted by Crippen LogP contribution is 2.10. The van der Waals surface area contributed by atoms with Gasteiger partial charge in [-0.15, -0.1) is 0 Å². The number of rotatable bonds is 10. The predicted molar refractivity (Wildman–Crippen MR) is 136 cm³/mol. The van der Waals surface area contributed by atoms with Crippen molar-refractivity contribution in [1.29, 1.82) is 0 Å². The third-order valence-electron chi connectivity index (χ3n) is 5.07. The number of carboxylic acid groups (broad SMARTS) is 1. The third kappa shape index (κ3) is 8.18. The van der Waals surface area contributed by atoms with E-state index < -0.39 is 30.1 Å². The molecule has 34 heavy (non-hydrogen) atoms. The van der Waals surface area contributed by atoms with Gasteiger partial charge in [-0.1, -0.05) is 72.8 Å². The smallest absolute Gasteiger partial charge is 0.408 e. The number of aliphatic carboxylic acids is 1. The Bertz CT molecular complexity index is 1090. The Morgan fingerprint density at radius 3 is 1.85 bits per heavy atom. The van der Waals surface area contributed by atoms with Crippen LogP contribution < -0.4 is 10.6 Å². The molecule has 0 heterocycles. The van der Waals surface area contributed by atoms with E-state index >= 15 is 0 Å². The lowest BCUT2D eigenvalue weighted by molar-refractivity contribution is -0.142. The van der Waals surface area contributed by atoms with Gasteiger partial charge in [-0.2, -0.15) is 0 Å². The Morgan fingerprint density at radius 2 is 1.26 bits per heavy atom. The van der Waals surface area contributed by atoms with Gasteiger partial charge in [-0.05, 0) is 51.4 Å². The zero-order valence-corrected chi connectivity index (χ0v) is 20.5. The summed E-state index contributed by atoms with van der Waals surface area (Å²) in [5.74, 6) is -1.75. The largest absolute Gasteiger partial charge is 0.480 e. The predicted octanol–water partition coefficient (Wildman–Crippen LogP) is 3.94. The maximum absolute atomic E-state index is 13.1. The van der Waals surface area contributed by atoms with Gasteiger partial charge in [0.1, 0.15) is 18.7 Å². The monoisotopic (exact) mass is 572 g/mol. The first-order chi connectivity index (χ1) is 16.4. The van der Waals surface area contributed by atoms with Gasteiger partial charge in [0.2, 0.25) is 5.91 Å². The average molecular weight is 572 g/mol. The first-order valence-electron chi connectivity index (χ1n) is 10.7. The van der Waals surface area contributed by atoms with Crippen LogP contribution in [0, 0.1) is 3.57 Å². The quantitative estimate of drug-likeness (QED) is 0.320. The van der Waals surface area contributed by atoms with Crippen LogP contribution in [0.1, 0.15) is 16.7 Å². The number of carboxylic acids is 1. The van der Waals surface area contributed by atoms with E-state index in [0.717, 1.165) is 20.3 Å². The van der Waals surface area contributed by atoms with E-state index in [-0.39, 0.29) is 19.4 Å². The Labute approximate surface area is 211 Å². The third-order valence-corrected chi connectivity index (χ3v) is 5.79. The molecule has 176 valence electrons. The molecule has 3 aromatic rings. The number of halogens is 1. The molecule has 0 spiro atoms. The van der Waals surface area contributed by atoms with Crippen LogP contribution in [0.3, 0.4) is 0 Å². The molecule has 2 amide bonds. The van der Waals surface area contributed by atoms with Gasteiger partial charge in [0.25, 0.3) is 0 Å². The van der Waals surface area contributed by atoms with Gasteiger partial charge in [0.15, 0.2) is 0 Å². The zero-order chi connectivity index (χ0) is 24.3. The number of hydrogen-bond donors (Lipinski definition) is 3. The van der Waals surface area contributed by atoms with E-state index in [4.69, 9.17) is 4.74 Å². The summed E-state index contributed by atoms with van der Waals surface area (Å²) in [7, 11) is 0. The number of hydrogen-bond acceptors (Lipinski definition) is 4. The summed E-state index contributed by atoms with van der Waals surface area (Å²) in [4.78, 5) is 37.3. The Balaban J connectivity index is 1.68. The summed E-state index contributed by atoms with van der Waals surface area (Å²) < 4.78 is 6.28. The van der Waals surface area contributed by atoms with E-state index in [1.54, 1.807) is 0 Å². The minimum atomic E-state index is -1.16. The van der Waals surface area contributed by atoms with Crippen LogP contribution in [0.15, 0.2) is 84.9 Å². The van der Waals surface area contributed by atoms with Crippen LogP contribution in [-0.4, -0.2) is 35.2 Å². The molecule has 0 saturated heterocycles. The van der Waals surface area contributed by atoms with Crippen LogP contribution in [0.2, 0.25) is 0 Å². The molecule has 3 N–H and O–H groups in total. The molecule has 0 fully saturated rings. The van der Waals surface area contributed by atoms with Gasteiger partial charge in [-0.25, -0.2) is 9.59 Å². The maximum atomic E-state index is 13.1. The lowest BCUT2D eigenvalue weighted by Crippen LogP contribution is -2.53. The second kappa shape index (κ2) is 12.7. The summed E-state index contributed by atoms with van der Waals surface area (Å²) in [5.41, 5.74) is 2.41. The number of alkyl carbamates (subject to hydrolysis) is 1. The van der Waals surface area contributed by atoms with Crippen molar-refractivity contribution >= 4 is 40.6 Å². The molecule has 0 aliphatic carbocycles. The number of carbonyl (C=O) groups is 3. The number of ether oxygens (including phenoxy) is 1. The first kappa shape index (κ1) is 25.2. The molecule has 0 saturated carbocycles. The van der Waals surface area contributed by atoms with Crippen LogP contribution in [0.25, 0.3) is 0 Å². The Hall–Kier alpha value is -3.40. The van der Waals surface area contributed by atoms with Gasteiger partial charge in [-0.3, -0.25) is 4.79 Å². The Kier molecular flexibility index (Phi) is 9.45. The van der Waals surface area contributed by atoms with Crippen LogP contribution in [0.4, 0.5) is 4.79 Å². The first-order valence-corrected chi connectivity index (χ1v) is 11.8. The molecule has 0 aliphatic heterocycles. The highest BCUT2D eigenvalue weighted by molar-refractivity contribution is 14.1. The number of carbonyl (C=O) groups excluding carboxylic acids is 2. The van der Waals surface area contributed by atoms with Crippen molar-refractivity contribution in [2.75, 3.05) is 0 Å². The zero-order valence-electron chi connectivity index (χ0n) is 18.3. The number of amides is 2. The van der Waals surface area contributed by atoms with Gasteiger partial charge in [0.05, 0.1) is 0 Å². The Morgan fingerprint density at radius 1 is 0.735 bits per heavy atom. The second-order valence-corrected chi connectivity index (χ2v) is 8.92. The van der Waals surface area contributed by atoms with E-state index in [2.05, 4.69) is 33.2 Å². The van der Waals surface area contributed by atoms with Crippen molar-refractivity contribution in [1.82, 2.24) is 10.6 Å². The van der Waals surface area contributed by atoms with E-state index in [1.807, 2.05) is 84.9 Å². The molecule has 7 nitrogen and oxygen atoms in total. The fraction of sp³-hybridized carbons (Fsp3) is 0.192. The van der Waals surface area contributed by atoms with Crippen LogP contribution in [-0.2, 0) is 33.8 Å². The normalized spacial score (nSPS) is 12.3. The minimum Gasteiger partial charge on any atom is -0.480 e. The number of benzene rings is 3. The summed E-state index contributed by atoms with van der Waals surface area (Å²) in [5, 5.41) is 14.8. The lowest BCUT2D eigenvalue weighted by Gasteiger charge is -2.21. The van der Waals surface area contributed by atoms with Crippen molar-refractivity contribution < 1.29 is 24.2 Å². The topological polar surface area (TPSA) is 105 Å². The van der Waals surface area contributed by atoms with Crippen molar-refractivity contribution in [3.63, 3.8) is 0 Å². The minimum absolute atomic E-state index is 0.0525. The van der Waals surface area contributed by atoms with Crippen molar-refractivity contribution in [3.05, 3.63) is 105 Å². The summed E-state index contributed by atoms with van der Waals surface area (Å²) in [6.07, 6.45) is -0.457. The molecule has 0 unspecified atom stereocenters. The standard InChI is InChI=1S/C26H25IN2O5/c27-21-13-11-19(12-14-21)16-23(25(31)32)28-24(30)22(15-18-7-3-1-4-8-18)29-26(33)34-17-20-9-5-2-6-10-20/h1-14,22-23H,15-17H2,(H,28,30)(H,29,33)(H,31,32)/t22-,23-/m0/s1. The molecule has 0 bridgehead atoms. The maximum Gasteiger partial charge on any atom is 0.408 e. The summed E-state index contributed by atoms with van der Waals surface area (Å²) in [6, 6.07) is 23.6. The van der Waals surface area contributed by atoms with Gasteiger partial charge in [0, 0.05) is 16.4 Å². The highest BCUT2D eigenvalue weighted by Gasteiger charge is 2.27. The molecule has 0 aliphatic rings. The SMILES string of the molecule is O=C(N[C@@H](Cc1ccccc1)C(=O)N[C@@H](Cc1ccc(I)cc1)C(=O)O)OCc1ccccc1. The number of nitrogens with one attached hydrogen (secondary N) is 2. The van der Waals surface area contributed by atoms with E-state index in [1.165, 1.54) is 0 Å². The molecule has 0 aromatic heterocycles. The van der Waals surface area contributed by atoms with Crippen LogP contribution in [0.5, 0.6) is 0 Å². The van der Waals surface area contributed by atoms with E-state index in [0.29, 0.717) is 0 Å². The van der Waals surface area contributed by atoms with E-state index in [9.17, 15) is 19.5 Å². The fourth-order valence-corrected chi connectivity index (χ4v) is 3.65. The summed E-state index contributed by atoms with van der Waals surface area (Å²) >= 11 is 2.17. The molecule has 8 heteroatoms. The molecular formula is C26H25IN2O5. The van der Waals surface area contributed by atoms with Gasteiger partial charge < -0.3 is 20.5 Å². The van der Waals surface area contributed by atoms with Crippen molar-refractivity contribution in [2.24, 2.45) is 0 Å². The van der Waals surface area contributed by atoms with Gasteiger partial charge >= 0.3 is 12.1 Å². The molecular weight excluding hydrogens is 547 g/mol. The molecule has 0 radical (unpaired) electrons. The highest BCUT2D eigenvalue weighted by atomic mass is 127. The van der Waals surface area contributed by atoms with Crippen molar-refractivity contribution in [2.45, 2.75) is 31.5 Å².